The molecule has 7 heteroatoms. The lowest BCUT2D eigenvalue weighted by Gasteiger charge is -2.34. The van der Waals surface area contributed by atoms with Crippen molar-refractivity contribution in [2.45, 2.75) is 33.4 Å². The van der Waals surface area contributed by atoms with Crippen molar-refractivity contribution in [1.29, 1.82) is 0 Å². The van der Waals surface area contributed by atoms with Crippen molar-refractivity contribution >= 4 is 16.3 Å². The van der Waals surface area contributed by atoms with E-state index in [9.17, 15) is 4.79 Å². The van der Waals surface area contributed by atoms with E-state index in [1.54, 1.807) is 6.07 Å². The summed E-state index contributed by atoms with van der Waals surface area (Å²) in [5.41, 5.74) is 3.45. The topological polar surface area (TPSA) is 53.7 Å². The Hall–Kier alpha value is -2.09. The Morgan fingerprint density at radius 2 is 1.81 bits per heavy atom. The molecule has 2 aromatic heterocycles. The van der Waals surface area contributed by atoms with Crippen LogP contribution in [0.1, 0.15) is 28.8 Å². The minimum atomic E-state index is -0.0796. The fourth-order valence-corrected chi connectivity index (χ4v) is 4.38. The van der Waals surface area contributed by atoms with E-state index < -0.39 is 0 Å². The summed E-state index contributed by atoms with van der Waals surface area (Å²) in [6.07, 6.45) is 0.825. The maximum absolute atomic E-state index is 12.3. The van der Waals surface area contributed by atoms with Gasteiger partial charge in [-0.25, -0.2) is 4.98 Å². The molecule has 4 rings (SSSR count). The molecule has 0 N–H and O–H groups in total. The zero-order chi connectivity index (χ0) is 18.8. The number of hydrogen-bond donors (Lipinski definition) is 0. The average molecular weight is 384 g/mol. The summed E-state index contributed by atoms with van der Waals surface area (Å²) in [4.78, 5) is 22.5. The van der Waals surface area contributed by atoms with Gasteiger partial charge in [0.25, 0.3) is 5.56 Å². The normalized spacial score (nSPS) is 16.2. The van der Waals surface area contributed by atoms with Crippen LogP contribution in [0.3, 0.4) is 0 Å². The van der Waals surface area contributed by atoms with Crippen LogP contribution in [0.4, 0.5) is 0 Å². The summed E-state index contributed by atoms with van der Waals surface area (Å²) in [6.45, 7) is 9.97. The molecule has 0 radical (unpaired) electrons. The van der Waals surface area contributed by atoms with Gasteiger partial charge in [0.1, 0.15) is 5.01 Å². The van der Waals surface area contributed by atoms with Crippen LogP contribution in [-0.2, 0) is 19.5 Å². The van der Waals surface area contributed by atoms with Gasteiger partial charge >= 0.3 is 0 Å². The first kappa shape index (κ1) is 18.3. The highest BCUT2D eigenvalue weighted by atomic mass is 32.1. The number of aryl methyl sites for hydroxylation is 2. The summed E-state index contributed by atoms with van der Waals surface area (Å²) < 4.78 is 1.42. The van der Waals surface area contributed by atoms with Crippen LogP contribution in [-0.4, -0.2) is 50.6 Å². The lowest BCUT2D eigenvalue weighted by atomic mass is 10.1. The van der Waals surface area contributed by atoms with E-state index in [0.717, 1.165) is 56.4 Å². The van der Waals surface area contributed by atoms with Crippen molar-refractivity contribution in [2.24, 2.45) is 0 Å². The Bertz CT molecular complexity index is 987. The Labute approximate surface area is 163 Å². The Kier molecular flexibility index (Phi) is 5.33. The van der Waals surface area contributed by atoms with Crippen LogP contribution in [0, 0.1) is 6.92 Å². The highest BCUT2D eigenvalue weighted by molar-refractivity contribution is 7.16. The van der Waals surface area contributed by atoms with E-state index in [1.807, 2.05) is 6.92 Å². The molecule has 0 aliphatic carbocycles. The molecule has 3 heterocycles. The lowest BCUT2D eigenvalue weighted by Crippen LogP contribution is -2.45. The van der Waals surface area contributed by atoms with Crippen LogP contribution in [0.15, 0.2) is 35.1 Å². The van der Waals surface area contributed by atoms with Crippen molar-refractivity contribution in [3.8, 4) is 0 Å². The lowest BCUT2D eigenvalue weighted by molar-refractivity contribution is 0.121. The summed E-state index contributed by atoms with van der Waals surface area (Å²) in [5, 5.41) is 5.26. The van der Waals surface area contributed by atoms with Gasteiger partial charge in [-0.05, 0) is 18.9 Å². The number of hydrogen-bond acceptors (Lipinski definition) is 6. The van der Waals surface area contributed by atoms with E-state index in [2.05, 4.69) is 51.1 Å². The SMILES string of the molecule is CCc1nn2c(=O)cc(CN3CCN(Cc4cccc(C)c4)CC3)nc2s1. The quantitative estimate of drug-likeness (QED) is 0.677. The van der Waals surface area contributed by atoms with E-state index in [-0.39, 0.29) is 5.56 Å². The molecule has 3 aromatic rings. The minimum Gasteiger partial charge on any atom is -0.297 e. The predicted octanol–water partition coefficient (Wildman–Crippen LogP) is 2.34. The number of piperazine rings is 1. The molecule has 1 fully saturated rings. The van der Waals surface area contributed by atoms with Gasteiger partial charge in [-0.3, -0.25) is 14.6 Å². The molecule has 1 aliphatic rings. The monoisotopic (exact) mass is 383 g/mol. The van der Waals surface area contributed by atoms with Gasteiger partial charge < -0.3 is 0 Å². The van der Waals surface area contributed by atoms with Gasteiger partial charge in [-0.2, -0.15) is 9.61 Å². The third-order valence-electron chi connectivity index (χ3n) is 4.98. The second-order valence-electron chi connectivity index (χ2n) is 7.17. The van der Waals surface area contributed by atoms with E-state index >= 15 is 0 Å². The zero-order valence-electron chi connectivity index (χ0n) is 15.9. The standard InChI is InChI=1S/C20H25N5OS/c1-3-18-22-25-19(26)12-17(21-20(25)27-18)14-24-9-7-23(8-10-24)13-16-6-4-5-15(2)11-16/h4-6,11-12H,3,7-10,13-14H2,1-2H3. The summed E-state index contributed by atoms with van der Waals surface area (Å²) >= 11 is 1.50. The van der Waals surface area contributed by atoms with Crippen LogP contribution in [0.25, 0.3) is 4.96 Å². The molecule has 0 bridgehead atoms. The average Bonchev–Trinajstić information content (AvgIpc) is 3.07. The van der Waals surface area contributed by atoms with Crippen molar-refractivity contribution in [3.63, 3.8) is 0 Å². The molecule has 0 amide bonds. The molecular formula is C20H25N5OS. The summed E-state index contributed by atoms with van der Waals surface area (Å²) in [6, 6.07) is 10.4. The van der Waals surface area contributed by atoms with Crippen LogP contribution >= 0.6 is 11.3 Å². The molecule has 0 saturated carbocycles. The van der Waals surface area contributed by atoms with Gasteiger partial charge in [-0.1, -0.05) is 48.1 Å². The van der Waals surface area contributed by atoms with Crippen LogP contribution in [0.2, 0.25) is 0 Å². The molecule has 0 spiro atoms. The molecule has 1 aliphatic heterocycles. The molecule has 27 heavy (non-hydrogen) atoms. The number of aromatic nitrogens is 3. The smallest absolute Gasteiger partial charge is 0.275 e. The van der Waals surface area contributed by atoms with Crippen molar-refractivity contribution < 1.29 is 0 Å². The van der Waals surface area contributed by atoms with Gasteiger partial charge in [0.15, 0.2) is 0 Å². The number of nitrogens with zero attached hydrogens (tertiary/aromatic N) is 5. The summed E-state index contributed by atoms with van der Waals surface area (Å²) in [5.74, 6) is 0. The third-order valence-corrected chi connectivity index (χ3v) is 6.03. The molecule has 0 unspecified atom stereocenters. The zero-order valence-corrected chi connectivity index (χ0v) is 16.7. The fraction of sp³-hybridized carbons (Fsp3) is 0.450. The van der Waals surface area contributed by atoms with Gasteiger partial charge in [0.2, 0.25) is 4.96 Å². The molecule has 1 aromatic carbocycles. The van der Waals surface area contributed by atoms with Gasteiger partial charge in [0, 0.05) is 45.3 Å². The Morgan fingerprint density at radius 1 is 1.07 bits per heavy atom. The highest BCUT2D eigenvalue weighted by Crippen LogP contribution is 2.14. The molecular weight excluding hydrogens is 358 g/mol. The van der Waals surface area contributed by atoms with Crippen molar-refractivity contribution in [1.82, 2.24) is 24.4 Å². The maximum Gasteiger partial charge on any atom is 0.275 e. The maximum atomic E-state index is 12.3. The first-order chi connectivity index (χ1) is 13.1. The molecule has 6 nitrogen and oxygen atoms in total. The third kappa shape index (κ3) is 4.26. The molecule has 142 valence electrons. The van der Waals surface area contributed by atoms with Gasteiger partial charge in [0.05, 0.1) is 5.69 Å². The Morgan fingerprint density at radius 3 is 2.52 bits per heavy atom. The van der Waals surface area contributed by atoms with Crippen LogP contribution < -0.4 is 5.56 Å². The molecule has 1 saturated heterocycles. The fourth-order valence-electron chi connectivity index (χ4n) is 3.52. The summed E-state index contributed by atoms with van der Waals surface area (Å²) in [7, 11) is 0. The number of rotatable bonds is 5. The predicted molar refractivity (Wildman–Crippen MR) is 108 cm³/mol. The minimum absolute atomic E-state index is 0.0796. The van der Waals surface area contributed by atoms with Crippen molar-refractivity contribution in [3.05, 3.63) is 62.5 Å². The highest BCUT2D eigenvalue weighted by Gasteiger charge is 2.18. The van der Waals surface area contributed by atoms with E-state index in [1.165, 1.54) is 27.0 Å². The largest absolute Gasteiger partial charge is 0.297 e. The second kappa shape index (κ2) is 7.88. The number of fused-ring (bicyclic) bond motifs is 1. The van der Waals surface area contributed by atoms with Crippen molar-refractivity contribution in [2.75, 3.05) is 26.2 Å². The first-order valence-corrected chi connectivity index (χ1v) is 10.3. The van der Waals surface area contributed by atoms with E-state index in [0.29, 0.717) is 4.96 Å². The number of benzene rings is 1. The van der Waals surface area contributed by atoms with Crippen LogP contribution in [0.5, 0.6) is 0 Å². The Balaban J connectivity index is 1.37. The van der Waals surface area contributed by atoms with E-state index in [4.69, 9.17) is 0 Å². The second-order valence-corrected chi connectivity index (χ2v) is 8.21. The molecule has 0 atom stereocenters. The first-order valence-electron chi connectivity index (χ1n) is 9.49. The van der Waals surface area contributed by atoms with Gasteiger partial charge in [-0.15, -0.1) is 0 Å².